The molecule has 5 heteroatoms. The Morgan fingerprint density at radius 3 is 2.63 bits per heavy atom. The molecule has 0 radical (unpaired) electrons. The van der Waals surface area contributed by atoms with Crippen molar-refractivity contribution >= 4 is 17.5 Å². The van der Waals surface area contributed by atoms with Gasteiger partial charge in [0, 0.05) is 25.7 Å². The number of halogens is 1. The number of hydrogen-bond donors (Lipinski definition) is 2. The average molecular weight is 285 g/mol. The van der Waals surface area contributed by atoms with Gasteiger partial charge < -0.3 is 15.3 Å². The molecule has 0 bridgehead atoms. The molecule has 1 aromatic carbocycles. The lowest BCUT2D eigenvalue weighted by molar-refractivity contribution is -0.134. The lowest BCUT2D eigenvalue weighted by Gasteiger charge is -2.29. The smallest absolute Gasteiger partial charge is 0.241 e. The van der Waals surface area contributed by atoms with E-state index in [1.165, 1.54) is 4.90 Å². The number of amides is 1. The van der Waals surface area contributed by atoms with Gasteiger partial charge in [-0.25, -0.2) is 0 Å². The van der Waals surface area contributed by atoms with E-state index in [1.807, 2.05) is 0 Å². The second kappa shape index (κ2) is 6.37. The highest BCUT2D eigenvalue weighted by Crippen LogP contribution is 2.18. The number of likely N-dealkylation sites (N-methyl/N-ethyl adjacent to an activating group) is 1. The number of aliphatic hydroxyl groups excluding tert-OH is 1. The van der Waals surface area contributed by atoms with E-state index in [2.05, 4.69) is 5.32 Å². The molecule has 0 spiro atoms. The van der Waals surface area contributed by atoms with Crippen molar-refractivity contribution < 1.29 is 9.90 Å². The Bertz CT molecular complexity index is 447. The first-order valence-corrected chi connectivity index (χ1v) is 6.52. The van der Waals surface area contributed by atoms with E-state index < -0.39 is 11.6 Å². The Balaban J connectivity index is 2.64. The summed E-state index contributed by atoms with van der Waals surface area (Å²) in [6, 6.07) is 7.06. The third-order valence-electron chi connectivity index (χ3n) is 2.91. The first-order valence-electron chi connectivity index (χ1n) is 6.14. The highest BCUT2D eigenvalue weighted by atomic mass is 35.5. The maximum absolute atomic E-state index is 11.9. The summed E-state index contributed by atoms with van der Waals surface area (Å²) in [5, 5.41) is 13.7. The summed E-state index contributed by atoms with van der Waals surface area (Å²) >= 11 is 5.88. The second-order valence-corrected chi connectivity index (χ2v) is 5.71. The first kappa shape index (κ1) is 16.0. The van der Waals surface area contributed by atoms with Crippen molar-refractivity contribution in [1.82, 2.24) is 10.2 Å². The van der Waals surface area contributed by atoms with Gasteiger partial charge in [-0.1, -0.05) is 23.7 Å². The molecule has 0 aliphatic heterocycles. The SMILES string of the molecule is CN(C)C(=O)C(C)(C)NCC(O)c1cccc(Cl)c1. The molecule has 1 atom stereocenters. The van der Waals surface area contributed by atoms with E-state index in [0.29, 0.717) is 5.02 Å². The average Bonchev–Trinajstić information content (AvgIpc) is 2.35. The van der Waals surface area contributed by atoms with Crippen molar-refractivity contribution in [3.05, 3.63) is 34.9 Å². The van der Waals surface area contributed by atoms with Crippen LogP contribution in [-0.2, 0) is 4.79 Å². The quantitative estimate of drug-likeness (QED) is 0.867. The molecule has 19 heavy (non-hydrogen) atoms. The van der Waals surface area contributed by atoms with Crippen LogP contribution in [0, 0.1) is 0 Å². The van der Waals surface area contributed by atoms with E-state index in [9.17, 15) is 9.90 Å². The van der Waals surface area contributed by atoms with Crippen LogP contribution in [0.15, 0.2) is 24.3 Å². The van der Waals surface area contributed by atoms with Crippen molar-refractivity contribution in [3.63, 3.8) is 0 Å². The van der Waals surface area contributed by atoms with Gasteiger partial charge in [0.25, 0.3) is 0 Å². The molecule has 1 aromatic rings. The van der Waals surface area contributed by atoms with Gasteiger partial charge in [-0.15, -0.1) is 0 Å². The number of carbonyl (C=O) groups is 1. The van der Waals surface area contributed by atoms with Gasteiger partial charge in [-0.05, 0) is 31.5 Å². The summed E-state index contributed by atoms with van der Waals surface area (Å²) in [7, 11) is 3.42. The molecule has 106 valence electrons. The van der Waals surface area contributed by atoms with Crippen LogP contribution in [0.3, 0.4) is 0 Å². The van der Waals surface area contributed by atoms with Gasteiger partial charge in [0.2, 0.25) is 5.91 Å². The van der Waals surface area contributed by atoms with Crippen molar-refractivity contribution in [3.8, 4) is 0 Å². The van der Waals surface area contributed by atoms with E-state index in [1.54, 1.807) is 52.2 Å². The molecule has 1 amide bonds. The molecular formula is C14H21ClN2O2. The maximum atomic E-state index is 11.9. The van der Waals surface area contributed by atoms with Gasteiger partial charge in [0.1, 0.15) is 0 Å². The second-order valence-electron chi connectivity index (χ2n) is 5.28. The van der Waals surface area contributed by atoms with Crippen LogP contribution in [0.25, 0.3) is 0 Å². The van der Waals surface area contributed by atoms with E-state index in [4.69, 9.17) is 11.6 Å². The Kier molecular flexibility index (Phi) is 5.35. The number of nitrogens with one attached hydrogen (secondary N) is 1. The minimum atomic E-state index is -0.719. The zero-order chi connectivity index (χ0) is 14.6. The van der Waals surface area contributed by atoms with Crippen LogP contribution in [0.5, 0.6) is 0 Å². The predicted molar refractivity (Wildman–Crippen MR) is 77.2 cm³/mol. The first-order chi connectivity index (χ1) is 8.74. The van der Waals surface area contributed by atoms with Crippen LogP contribution in [0.4, 0.5) is 0 Å². The summed E-state index contributed by atoms with van der Waals surface area (Å²) in [5.41, 5.74) is 0.0105. The van der Waals surface area contributed by atoms with Gasteiger partial charge in [-0.3, -0.25) is 4.79 Å². The number of aliphatic hydroxyl groups is 1. The summed E-state index contributed by atoms with van der Waals surface area (Å²) in [6.45, 7) is 3.87. The van der Waals surface area contributed by atoms with E-state index in [0.717, 1.165) is 5.56 Å². The van der Waals surface area contributed by atoms with Crippen LogP contribution in [0.1, 0.15) is 25.5 Å². The zero-order valence-corrected chi connectivity index (χ0v) is 12.5. The third kappa shape index (κ3) is 4.49. The molecule has 0 saturated carbocycles. The van der Waals surface area contributed by atoms with Gasteiger partial charge in [0.15, 0.2) is 0 Å². The molecule has 0 saturated heterocycles. The van der Waals surface area contributed by atoms with Gasteiger partial charge in [-0.2, -0.15) is 0 Å². The Morgan fingerprint density at radius 1 is 1.47 bits per heavy atom. The molecule has 1 unspecified atom stereocenters. The lowest BCUT2D eigenvalue weighted by atomic mass is 10.0. The molecule has 4 nitrogen and oxygen atoms in total. The number of hydrogen-bond acceptors (Lipinski definition) is 3. The Hall–Kier alpha value is -1.10. The zero-order valence-electron chi connectivity index (χ0n) is 11.8. The lowest BCUT2D eigenvalue weighted by Crippen LogP contribution is -2.53. The molecule has 1 rings (SSSR count). The monoisotopic (exact) mass is 284 g/mol. The molecule has 2 N–H and O–H groups in total. The Morgan fingerprint density at radius 2 is 2.11 bits per heavy atom. The molecule has 0 aromatic heterocycles. The number of benzene rings is 1. The van der Waals surface area contributed by atoms with Crippen molar-refractivity contribution in [2.75, 3.05) is 20.6 Å². The van der Waals surface area contributed by atoms with Gasteiger partial charge in [0.05, 0.1) is 11.6 Å². The normalized spacial score (nSPS) is 13.2. The van der Waals surface area contributed by atoms with Crippen LogP contribution >= 0.6 is 11.6 Å². The van der Waals surface area contributed by atoms with Crippen LogP contribution < -0.4 is 5.32 Å². The number of carbonyl (C=O) groups excluding carboxylic acids is 1. The summed E-state index contributed by atoms with van der Waals surface area (Å²) in [4.78, 5) is 13.5. The standard InChI is InChI=1S/C14H21ClN2O2/c1-14(2,13(19)17(3)4)16-9-12(18)10-6-5-7-11(15)8-10/h5-8,12,16,18H,9H2,1-4H3. The number of β-amino-alcohol motifs (C(OH)–C–C–N with tert-alkyl or cyclic N) is 1. The summed E-state index contributed by atoms with van der Waals surface area (Å²) in [5.74, 6) is -0.0363. The molecule has 0 aliphatic carbocycles. The highest BCUT2D eigenvalue weighted by molar-refractivity contribution is 6.30. The summed E-state index contributed by atoms with van der Waals surface area (Å²) in [6.07, 6.45) is -0.701. The van der Waals surface area contributed by atoms with E-state index in [-0.39, 0.29) is 12.5 Å². The van der Waals surface area contributed by atoms with Gasteiger partial charge >= 0.3 is 0 Å². The molecule has 0 aliphatic rings. The minimum Gasteiger partial charge on any atom is -0.387 e. The maximum Gasteiger partial charge on any atom is 0.241 e. The molecule has 0 fully saturated rings. The fourth-order valence-corrected chi connectivity index (χ4v) is 2.02. The Labute approximate surface area is 119 Å². The minimum absolute atomic E-state index is 0.0363. The fourth-order valence-electron chi connectivity index (χ4n) is 1.82. The highest BCUT2D eigenvalue weighted by Gasteiger charge is 2.29. The van der Waals surface area contributed by atoms with Crippen molar-refractivity contribution in [2.24, 2.45) is 0 Å². The molecular weight excluding hydrogens is 264 g/mol. The van der Waals surface area contributed by atoms with Crippen molar-refractivity contribution in [2.45, 2.75) is 25.5 Å². The van der Waals surface area contributed by atoms with Crippen molar-refractivity contribution in [1.29, 1.82) is 0 Å². The van der Waals surface area contributed by atoms with Crippen LogP contribution in [-0.4, -0.2) is 42.1 Å². The fraction of sp³-hybridized carbons (Fsp3) is 0.500. The predicted octanol–water partition coefficient (Wildman–Crippen LogP) is 1.83. The van der Waals surface area contributed by atoms with Crippen LogP contribution in [0.2, 0.25) is 5.02 Å². The van der Waals surface area contributed by atoms with E-state index >= 15 is 0 Å². The largest absolute Gasteiger partial charge is 0.387 e. The summed E-state index contributed by atoms with van der Waals surface area (Å²) < 4.78 is 0. The third-order valence-corrected chi connectivity index (χ3v) is 3.15. The molecule has 0 heterocycles. The number of nitrogens with zero attached hydrogens (tertiary/aromatic N) is 1. The topological polar surface area (TPSA) is 52.6 Å². The number of rotatable bonds is 5.